The minimum absolute atomic E-state index is 0.146. The number of aryl methyl sites for hydroxylation is 1. The summed E-state index contributed by atoms with van der Waals surface area (Å²) in [5.74, 6) is -1.11. The zero-order valence-corrected chi connectivity index (χ0v) is 27.1. The van der Waals surface area contributed by atoms with Gasteiger partial charge in [0.2, 0.25) is 5.13 Å². The Morgan fingerprint density at radius 1 is 1.00 bits per heavy atom. The first-order chi connectivity index (χ1) is 22.7. The molecule has 0 bridgehead atoms. The number of nitro groups is 1. The molecule has 0 spiro atoms. The molecule has 1 aromatic heterocycles. The van der Waals surface area contributed by atoms with Crippen molar-refractivity contribution in [2.45, 2.75) is 29.7 Å². The minimum atomic E-state index is -1.12. The minimum Gasteiger partial charge on any atom is -0.507 e. The van der Waals surface area contributed by atoms with Gasteiger partial charge in [0, 0.05) is 28.5 Å². The molecule has 4 aromatic carbocycles. The number of anilines is 1. The van der Waals surface area contributed by atoms with Crippen LogP contribution in [0.5, 0.6) is 5.75 Å². The van der Waals surface area contributed by atoms with Crippen molar-refractivity contribution in [3.63, 3.8) is 0 Å². The molecule has 13 heteroatoms. The van der Waals surface area contributed by atoms with Gasteiger partial charge < -0.3 is 9.84 Å². The molecule has 10 nitrogen and oxygen atoms in total. The topological polar surface area (TPSA) is 136 Å². The third-order valence-corrected chi connectivity index (χ3v) is 9.74. The highest BCUT2D eigenvalue weighted by atomic mass is 35.5. The predicted molar refractivity (Wildman–Crippen MR) is 181 cm³/mol. The van der Waals surface area contributed by atoms with Crippen molar-refractivity contribution in [1.82, 2.24) is 10.2 Å². The number of ketones is 1. The maximum atomic E-state index is 13.6. The number of carbonyl (C=O) groups is 2. The van der Waals surface area contributed by atoms with Gasteiger partial charge in [-0.25, -0.2) is 0 Å². The Labute approximate surface area is 282 Å². The second-order valence-corrected chi connectivity index (χ2v) is 13.2. The second kappa shape index (κ2) is 13.8. The van der Waals surface area contributed by atoms with Gasteiger partial charge in [0.05, 0.1) is 16.5 Å². The van der Waals surface area contributed by atoms with Crippen LogP contribution in [0.3, 0.4) is 0 Å². The third-order valence-electron chi connectivity index (χ3n) is 7.36. The highest BCUT2D eigenvalue weighted by molar-refractivity contribution is 8.00. The Kier molecular flexibility index (Phi) is 9.34. The molecule has 1 aliphatic heterocycles. The molecular weight excluding hydrogens is 660 g/mol. The largest absolute Gasteiger partial charge is 0.507 e. The maximum Gasteiger partial charge on any atom is 0.301 e. The van der Waals surface area contributed by atoms with Crippen LogP contribution in [-0.4, -0.2) is 31.9 Å². The van der Waals surface area contributed by atoms with E-state index in [0.717, 1.165) is 28.0 Å². The number of nitrogens with zero attached hydrogens (tertiary/aromatic N) is 4. The van der Waals surface area contributed by atoms with Gasteiger partial charge in [-0.05, 0) is 72.1 Å². The fourth-order valence-corrected chi connectivity index (χ4v) is 6.99. The Balaban J connectivity index is 1.31. The standard InChI is InChI=1S/C34H25ClN4O6S2/c1-20-3-2-4-22(17-20)18-45-27-15-9-24(10-16-27)30(40)28-29(23-7-13-26(14-8-23)39(43)44)38(32(42)31(28)41)33-36-37-34(47-33)46-19-21-5-11-25(35)12-6-21/h2-17,29,40H,18-19H2,1H3/b30-28+. The Morgan fingerprint density at radius 3 is 2.40 bits per heavy atom. The summed E-state index contributed by atoms with van der Waals surface area (Å²) in [6, 6.07) is 26.2. The lowest BCUT2D eigenvalue weighted by molar-refractivity contribution is -0.384. The predicted octanol–water partition coefficient (Wildman–Crippen LogP) is 7.91. The van der Waals surface area contributed by atoms with Crippen LogP contribution in [0.15, 0.2) is 107 Å². The zero-order chi connectivity index (χ0) is 33.1. The lowest BCUT2D eigenvalue weighted by atomic mass is 9.95. The zero-order valence-electron chi connectivity index (χ0n) is 24.7. The van der Waals surface area contributed by atoms with Crippen LogP contribution in [0, 0.1) is 17.0 Å². The van der Waals surface area contributed by atoms with Crippen LogP contribution in [0.4, 0.5) is 10.8 Å². The average Bonchev–Trinajstić information content (AvgIpc) is 3.65. The monoisotopic (exact) mass is 684 g/mol. The smallest absolute Gasteiger partial charge is 0.301 e. The van der Waals surface area contributed by atoms with Gasteiger partial charge in [0.15, 0.2) is 4.34 Å². The summed E-state index contributed by atoms with van der Waals surface area (Å²) in [5, 5.41) is 32.0. The Hall–Kier alpha value is -5.04. The van der Waals surface area contributed by atoms with Crippen LogP contribution in [0.2, 0.25) is 5.02 Å². The number of benzene rings is 4. The van der Waals surface area contributed by atoms with Crippen molar-refractivity contribution < 1.29 is 24.4 Å². The summed E-state index contributed by atoms with van der Waals surface area (Å²) in [5.41, 5.74) is 3.45. The van der Waals surface area contributed by atoms with Crippen molar-refractivity contribution in [2.75, 3.05) is 4.90 Å². The molecule has 1 saturated heterocycles. The highest BCUT2D eigenvalue weighted by Crippen LogP contribution is 2.44. The van der Waals surface area contributed by atoms with E-state index >= 15 is 0 Å². The number of halogens is 1. The number of ether oxygens (including phenoxy) is 1. The number of nitro benzene ring substituents is 1. The molecule has 1 atom stereocenters. The molecular formula is C34H25ClN4O6S2. The maximum absolute atomic E-state index is 13.6. The van der Waals surface area contributed by atoms with Crippen molar-refractivity contribution >= 4 is 63.0 Å². The number of aliphatic hydroxyl groups excluding tert-OH is 1. The van der Waals surface area contributed by atoms with Crippen LogP contribution < -0.4 is 9.64 Å². The summed E-state index contributed by atoms with van der Waals surface area (Å²) in [6.45, 7) is 2.35. The molecule has 6 rings (SSSR count). The molecule has 0 radical (unpaired) electrons. The number of Topliss-reactive ketones (excluding diaryl/α,β-unsaturated/α-hetero) is 1. The number of non-ortho nitro benzene ring substituents is 1. The fourth-order valence-electron chi connectivity index (χ4n) is 5.04. The quantitative estimate of drug-likeness (QED) is 0.0296. The number of thioether (sulfide) groups is 1. The molecule has 47 heavy (non-hydrogen) atoms. The number of aromatic nitrogens is 2. The van der Waals surface area contributed by atoms with Gasteiger partial charge in [-0.2, -0.15) is 0 Å². The van der Waals surface area contributed by atoms with Gasteiger partial charge >= 0.3 is 5.91 Å². The highest BCUT2D eigenvalue weighted by Gasteiger charge is 2.48. The summed E-state index contributed by atoms with van der Waals surface area (Å²) in [6.07, 6.45) is 0. The number of hydrogen-bond donors (Lipinski definition) is 1. The van der Waals surface area contributed by atoms with E-state index < -0.39 is 28.4 Å². The van der Waals surface area contributed by atoms with Crippen molar-refractivity contribution in [1.29, 1.82) is 0 Å². The second-order valence-electron chi connectivity index (χ2n) is 10.6. The van der Waals surface area contributed by atoms with Gasteiger partial charge in [-0.15, -0.1) is 10.2 Å². The first-order valence-corrected chi connectivity index (χ1v) is 16.4. The molecule has 1 fully saturated rings. The van der Waals surface area contributed by atoms with Crippen molar-refractivity contribution in [3.8, 4) is 5.75 Å². The van der Waals surface area contributed by atoms with E-state index in [-0.39, 0.29) is 22.0 Å². The SMILES string of the molecule is Cc1cccc(COc2ccc(/C(O)=C3\C(=O)C(=O)N(c4nnc(SCc5ccc(Cl)cc5)s4)C3c3ccc([N+](=O)[O-])cc3)cc2)c1. The Morgan fingerprint density at radius 2 is 1.72 bits per heavy atom. The molecule has 1 aliphatic rings. The summed E-state index contributed by atoms with van der Waals surface area (Å²) in [4.78, 5) is 39.1. The van der Waals surface area contributed by atoms with Gasteiger partial charge in [0.25, 0.3) is 11.5 Å². The van der Waals surface area contributed by atoms with Crippen molar-refractivity contribution in [3.05, 3.63) is 146 Å². The van der Waals surface area contributed by atoms with Crippen LogP contribution in [-0.2, 0) is 21.9 Å². The van der Waals surface area contributed by atoms with E-state index in [1.807, 2.05) is 43.3 Å². The number of aliphatic hydroxyl groups is 1. The normalized spacial score (nSPS) is 15.6. The van der Waals surface area contributed by atoms with E-state index in [9.17, 15) is 24.8 Å². The summed E-state index contributed by atoms with van der Waals surface area (Å²) in [7, 11) is 0. The third kappa shape index (κ3) is 7.04. The van der Waals surface area contributed by atoms with E-state index in [2.05, 4.69) is 10.2 Å². The van der Waals surface area contributed by atoms with E-state index in [1.54, 1.807) is 36.4 Å². The van der Waals surface area contributed by atoms with E-state index in [4.69, 9.17) is 16.3 Å². The first-order valence-electron chi connectivity index (χ1n) is 14.2. The number of hydrogen-bond acceptors (Lipinski definition) is 10. The van der Waals surface area contributed by atoms with Gasteiger partial charge in [-0.1, -0.05) is 76.7 Å². The first kappa shape index (κ1) is 31.9. The van der Waals surface area contributed by atoms with Gasteiger partial charge in [-0.3, -0.25) is 24.6 Å². The molecule has 2 heterocycles. The molecule has 1 unspecified atom stereocenters. The fraction of sp³-hybridized carbons (Fsp3) is 0.118. The molecule has 1 N–H and O–H groups in total. The molecule has 5 aromatic rings. The van der Waals surface area contributed by atoms with E-state index in [1.165, 1.54) is 40.9 Å². The van der Waals surface area contributed by atoms with Crippen LogP contribution in [0.1, 0.15) is 33.9 Å². The summed E-state index contributed by atoms with van der Waals surface area (Å²) >= 11 is 8.51. The molecule has 236 valence electrons. The molecule has 1 amide bonds. The summed E-state index contributed by atoms with van der Waals surface area (Å²) < 4.78 is 6.45. The Bertz CT molecular complexity index is 2000. The number of amides is 1. The van der Waals surface area contributed by atoms with Crippen LogP contribution >= 0.6 is 34.7 Å². The van der Waals surface area contributed by atoms with Crippen molar-refractivity contribution in [2.24, 2.45) is 0 Å². The lowest BCUT2D eigenvalue weighted by Crippen LogP contribution is -2.29. The average molecular weight is 685 g/mol. The number of carbonyl (C=O) groups excluding carboxylic acids is 2. The lowest BCUT2D eigenvalue weighted by Gasteiger charge is -2.22. The number of rotatable bonds is 10. The molecule has 0 aliphatic carbocycles. The molecule has 0 saturated carbocycles. The van der Waals surface area contributed by atoms with Crippen LogP contribution in [0.25, 0.3) is 5.76 Å². The van der Waals surface area contributed by atoms with Gasteiger partial charge in [0.1, 0.15) is 18.1 Å². The van der Waals surface area contributed by atoms with E-state index in [0.29, 0.717) is 33.0 Å².